The fourth-order valence-electron chi connectivity index (χ4n) is 2.22. The van der Waals surface area contributed by atoms with E-state index < -0.39 is 0 Å². The second kappa shape index (κ2) is 7.78. The molecule has 2 atom stereocenters. The van der Waals surface area contributed by atoms with Crippen LogP contribution in [-0.2, 0) is 0 Å². The zero-order chi connectivity index (χ0) is 13.0. The summed E-state index contributed by atoms with van der Waals surface area (Å²) in [5.41, 5.74) is 0.749. The van der Waals surface area contributed by atoms with Crippen molar-refractivity contribution in [3.63, 3.8) is 0 Å². The Bertz CT molecular complexity index is 410. The summed E-state index contributed by atoms with van der Waals surface area (Å²) in [6, 6.07) is 8.07. The van der Waals surface area contributed by atoms with Crippen LogP contribution in [0.4, 0.5) is 0 Å². The molecule has 1 aliphatic rings. The second-order valence-electron chi connectivity index (χ2n) is 4.78. The normalized spacial score (nSPS) is 22.4. The molecule has 2 N–H and O–H groups in total. The number of amides is 1. The van der Waals surface area contributed by atoms with Gasteiger partial charge in [-0.05, 0) is 55.9 Å². The Kier molecular flexibility index (Phi) is 6.69. The van der Waals surface area contributed by atoms with Gasteiger partial charge in [-0.3, -0.25) is 4.79 Å². The average Bonchev–Trinajstić information content (AvgIpc) is 2.41. The van der Waals surface area contributed by atoms with Crippen molar-refractivity contribution in [2.24, 2.45) is 5.92 Å². The lowest BCUT2D eigenvalue weighted by molar-refractivity contribution is 0.0914. The zero-order valence-corrected chi connectivity index (χ0v) is 12.9. The van der Waals surface area contributed by atoms with E-state index in [2.05, 4.69) is 17.6 Å². The number of hydrogen-bond donors (Lipinski definition) is 2. The molecule has 1 aromatic carbocycles. The van der Waals surface area contributed by atoms with Crippen LogP contribution in [0.2, 0.25) is 0 Å². The number of piperidine rings is 1. The number of nitrogens with one attached hydrogen (secondary N) is 2. The fraction of sp³-hybridized carbons (Fsp3) is 0.500. The van der Waals surface area contributed by atoms with E-state index in [9.17, 15) is 4.79 Å². The number of halogens is 1. The van der Waals surface area contributed by atoms with Crippen LogP contribution in [0.3, 0.4) is 0 Å². The first-order valence-electron chi connectivity index (χ1n) is 6.36. The van der Waals surface area contributed by atoms with Crippen molar-refractivity contribution in [3.05, 3.63) is 29.8 Å². The van der Waals surface area contributed by atoms with E-state index in [4.69, 9.17) is 0 Å². The maximum atomic E-state index is 12.1. The molecule has 0 saturated carbocycles. The molecule has 0 radical (unpaired) electrons. The van der Waals surface area contributed by atoms with Crippen LogP contribution in [0.15, 0.2) is 29.2 Å². The Morgan fingerprint density at radius 1 is 1.37 bits per heavy atom. The molecule has 0 spiro atoms. The van der Waals surface area contributed by atoms with Crippen molar-refractivity contribution in [1.29, 1.82) is 0 Å². The maximum absolute atomic E-state index is 12.1. The first kappa shape index (κ1) is 16.3. The van der Waals surface area contributed by atoms with Gasteiger partial charge in [0.15, 0.2) is 0 Å². The predicted molar refractivity (Wildman–Crippen MR) is 83.4 cm³/mol. The fourth-order valence-corrected chi connectivity index (χ4v) is 2.63. The maximum Gasteiger partial charge on any atom is 0.251 e. The predicted octanol–water partition coefficient (Wildman–Crippen LogP) is 2.56. The molecular formula is C14H21ClN2OS. The van der Waals surface area contributed by atoms with Crippen LogP contribution in [-0.4, -0.2) is 31.3 Å². The summed E-state index contributed by atoms with van der Waals surface area (Å²) in [5.74, 6) is 0.537. The SMILES string of the molecule is CSc1ccc(C(=O)NC2CCNCC2C)cc1.Cl. The lowest BCUT2D eigenvalue weighted by Crippen LogP contribution is -2.48. The summed E-state index contributed by atoms with van der Waals surface area (Å²) in [6.45, 7) is 4.14. The van der Waals surface area contributed by atoms with E-state index in [-0.39, 0.29) is 18.3 Å². The third-order valence-electron chi connectivity index (χ3n) is 3.45. The van der Waals surface area contributed by atoms with Gasteiger partial charge in [0.2, 0.25) is 0 Å². The minimum atomic E-state index is 0. The van der Waals surface area contributed by atoms with Crippen molar-refractivity contribution in [2.45, 2.75) is 24.3 Å². The molecule has 3 nitrogen and oxygen atoms in total. The summed E-state index contributed by atoms with van der Waals surface area (Å²) in [4.78, 5) is 13.3. The van der Waals surface area contributed by atoms with Gasteiger partial charge in [-0.2, -0.15) is 0 Å². The van der Waals surface area contributed by atoms with Crippen LogP contribution in [0.25, 0.3) is 0 Å². The molecule has 0 aliphatic carbocycles. The van der Waals surface area contributed by atoms with Gasteiger partial charge in [0, 0.05) is 16.5 Å². The Balaban J connectivity index is 0.00000180. The van der Waals surface area contributed by atoms with Crippen molar-refractivity contribution >= 4 is 30.1 Å². The molecule has 0 aromatic heterocycles. The highest BCUT2D eigenvalue weighted by molar-refractivity contribution is 7.98. The Labute approximate surface area is 125 Å². The molecule has 2 unspecified atom stereocenters. The van der Waals surface area contributed by atoms with Gasteiger partial charge in [-0.25, -0.2) is 0 Å². The van der Waals surface area contributed by atoms with Crippen LogP contribution >= 0.6 is 24.2 Å². The number of carbonyl (C=O) groups is 1. The number of thioether (sulfide) groups is 1. The first-order valence-corrected chi connectivity index (χ1v) is 7.59. The summed E-state index contributed by atoms with van der Waals surface area (Å²) in [7, 11) is 0. The standard InChI is InChI=1S/C14H20N2OS.ClH/c1-10-9-15-8-7-13(10)16-14(17)11-3-5-12(18-2)6-4-11;/h3-6,10,13,15H,7-9H2,1-2H3,(H,16,17);1H. The Hall–Kier alpha value is -0.710. The molecular weight excluding hydrogens is 280 g/mol. The highest BCUT2D eigenvalue weighted by Crippen LogP contribution is 2.16. The molecule has 1 aromatic rings. The van der Waals surface area contributed by atoms with Crippen LogP contribution in [0.5, 0.6) is 0 Å². The topological polar surface area (TPSA) is 41.1 Å². The summed E-state index contributed by atoms with van der Waals surface area (Å²) < 4.78 is 0. The number of carbonyl (C=O) groups excluding carboxylic acids is 1. The van der Waals surface area contributed by atoms with Gasteiger partial charge in [0.25, 0.3) is 5.91 Å². The minimum absolute atomic E-state index is 0. The van der Waals surface area contributed by atoms with Gasteiger partial charge < -0.3 is 10.6 Å². The minimum Gasteiger partial charge on any atom is -0.349 e. The van der Waals surface area contributed by atoms with Crippen LogP contribution in [0.1, 0.15) is 23.7 Å². The molecule has 0 bridgehead atoms. The summed E-state index contributed by atoms with van der Waals surface area (Å²) >= 11 is 1.69. The van der Waals surface area contributed by atoms with E-state index >= 15 is 0 Å². The van der Waals surface area contributed by atoms with Gasteiger partial charge in [0.1, 0.15) is 0 Å². The Morgan fingerprint density at radius 2 is 2.05 bits per heavy atom. The zero-order valence-electron chi connectivity index (χ0n) is 11.3. The molecule has 1 amide bonds. The van der Waals surface area contributed by atoms with E-state index in [0.717, 1.165) is 25.1 Å². The van der Waals surface area contributed by atoms with Crippen molar-refractivity contribution < 1.29 is 4.79 Å². The van der Waals surface area contributed by atoms with Crippen LogP contribution < -0.4 is 10.6 Å². The smallest absolute Gasteiger partial charge is 0.251 e. The average molecular weight is 301 g/mol. The third kappa shape index (κ3) is 4.41. The van der Waals surface area contributed by atoms with Gasteiger partial charge >= 0.3 is 0 Å². The summed E-state index contributed by atoms with van der Waals surface area (Å²) in [6.07, 6.45) is 3.04. The van der Waals surface area contributed by atoms with Gasteiger partial charge in [0.05, 0.1) is 0 Å². The molecule has 1 saturated heterocycles. The molecule has 1 aliphatic heterocycles. The highest BCUT2D eigenvalue weighted by Gasteiger charge is 2.22. The monoisotopic (exact) mass is 300 g/mol. The van der Waals surface area contributed by atoms with Gasteiger partial charge in [-0.1, -0.05) is 6.92 Å². The van der Waals surface area contributed by atoms with E-state index in [0.29, 0.717) is 12.0 Å². The first-order chi connectivity index (χ1) is 8.70. The molecule has 19 heavy (non-hydrogen) atoms. The lowest BCUT2D eigenvalue weighted by atomic mass is 9.95. The third-order valence-corrected chi connectivity index (χ3v) is 4.20. The molecule has 2 rings (SSSR count). The molecule has 106 valence electrons. The Morgan fingerprint density at radius 3 is 2.63 bits per heavy atom. The van der Waals surface area contributed by atoms with E-state index in [1.165, 1.54) is 4.90 Å². The van der Waals surface area contributed by atoms with Gasteiger partial charge in [-0.15, -0.1) is 24.2 Å². The van der Waals surface area contributed by atoms with Crippen molar-refractivity contribution in [2.75, 3.05) is 19.3 Å². The number of hydrogen-bond acceptors (Lipinski definition) is 3. The second-order valence-corrected chi connectivity index (χ2v) is 5.66. The molecule has 1 heterocycles. The van der Waals surface area contributed by atoms with Crippen molar-refractivity contribution in [1.82, 2.24) is 10.6 Å². The quantitative estimate of drug-likeness (QED) is 0.843. The number of benzene rings is 1. The molecule has 5 heteroatoms. The highest BCUT2D eigenvalue weighted by atomic mass is 35.5. The van der Waals surface area contributed by atoms with Crippen molar-refractivity contribution in [3.8, 4) is 0 Å². The lowest BCUT2D eigenvalue weighted by Gasteiger charge is -2.30. The number of rotatable bonds is 3. The largest absolute Gasteiger partial charge is 0.349 e. The van der Waals surface area contributed by atoms with Crippen LogP contribution in [0, 0.1) is 5.92 Å². The van der Waals surface area contributed by atoms with E-state index in [1.807, 2.05) is 30.5 Å². The molecule has 1 fully saturated rings. The summed E-state index contributed by atoms with van der Waals surface area (Å²) in [5, 5.41) is 6.48. The van der Waals surface area contributed by atoms with E-state index in [1.54, 1.807) is 11.8 Å².